The van der Waals surface area contributed by atoms with E-state index < -0.39 is 0 Å². The summed E-state index contributed by atoms with van der Waals surface area (Å²) in [6.07, 6.45) is 4.26. The van der Waals surface area contributed by atoms with E-state index in [9.17, 15) is 0 Å². The number of hydrogen-bond acceptors (Lipinski definition) is 4. The average molecular weight is 207 g/mol. The van der Waals surface area contributed by atoms with Crippen molar-refractivity contribution in [3.05, 3.63) is 24.5 Å². The zero-order valence-electron chi connectivity index (χ0n) is 9.29. The molecule has 1 N–H and O–H groups in total. The first kappa shape index (κ1) is 11.5. The van der Waals surface area contributed by atoms with Crippen LogP contribution in [0.5, 0.6) is 5.88 Å². The molecule has 0 saturated heterocycles. The van der Waals surface area contributed by atoms with Crippen LogP contribution in [0, 0.1) is 6.92 Å². The molecule has 0 aliphatic carbocycles. The predicted octanol–water partition coefficient (Wildman–Crippen LogP) is 2.17. The van der Waals surface area contributed by atoms with Crippen LogP contribution < -0.4 is 10.1 Å². The third-order valence-electron chi connectivity index (χ3n) is 1.92. The van der Waals surface area contributed by atoms with Gasteiger partial charge in [0.1, 0.15) is 18.8 Å². The molecule has 4 heteroatoms. The second kappa shape index (κ2) is 6.01. The molecule has 0 fully saturated rings. The number of nitrogens with zero attached hydrogens (tertiary/aromatic N) is 2. The zero-order valence-corrected chi connectivity index (χ0v) is 9.29. The summed E-state index contributed by atoms with van der Waals surface area (Å²) in [6.45, 7) is 9.01. The van der Waals surface area contributed by atoms with Crippen LogP contribution in [0.15, 0.2) is 19.0 Å². The maximum atomic E-state index is 5.40. The number of nitrogens with one attached hydrogen (secondary N) is 1. The van der Waals surface area contributed by atoms with Crippen molar-refractivity contribution in [2.75, 3.05) is 18.5 Å². The van der Waals surface area contributed by atoms with Gasteiger partial charge in [-0.3, -0.25) is 0 Å². The fourth-order valence-corrected chi connectivity index (χ4v) is 1.14. The Morgan fingerprint density at radius 3 is 3.00 bits per heavy atom. The van der Waals surface area contributed by atoms with Gasteiger partial charge in [-0.05, 0) is 13.3 Å². The number of aromatic nitrogens is 2. The quantitative estimate of drug-likeness (QED) is 0.726. The average Bonchev–Trinajstić information content (AvgIpc) is 2.26. The van der Waals surface area contributed by atoms with Crippen LogP contribution in [-0.4, -0.2) is 23.1 Å². The lowest BCUT2D eigenvalue weighted by atomic mass is 10.3. The van der Waals surface area contributed by atoms with Crippen molar-refractivity contribution >= 4 is 5.82 Å². The second-order valence-electron chi connectivity index (χ2n) is 3.18. The largest absolute Gasteiger partial charge is 0.473 e. The van der Waals surface area contributed by atoms with E-state index >= 15 is 0 Å². The number of rotatable bonds is 6. The molecule has 15 heavy (non-hydrogen) atoms. The van der Waals surface area contributed by atoms with Crippen molar-refractivity contribution in [3.8, 4) is 5.88 Å². The predicted molar refractivity (Wildman–Crippen MR) is 61.2 cm³/mol. The monoisotopic (exact) mass is 207 g/mol. The summed E-state index contributed by atoms with van der Waals surface area (Å²) in [5.41, 5.74) is 0.938. The van der Waals surface area contributed by atoms with Gasteiger partial charge in [0, 0.05) is 6.54 Å². The third kappa shape index (κ3) is 3.23. The molecule has 0 aliphatic rings. The van der Waals surface area contributed by atoms with Crippen LogP contribution in [0.3, 0.4) is 0 Å². The van der Waals surface area contributed by atoms with Crippen molar-refractivity contribution in [1.82, 2.24) is 9.97 Å². The molecule has 0 amide bonds. The first-order valence-corrected chi connectivity index (χ1v) is 5.08. The van der Waals surface area contributed by atoms with Gasteiger partial charge in [0.2, 0.25) is 5.88 Å². The minimum atomic E-state index is 0.463. The van der Waals surface area contributed by atoms with Crippen LogP contribution in [0.25, 0.3) is 0 Å². The maximum absolute atomic E-state index is 5.40. The lowest BCUT2D eigenvalue weighted by Crippen LogP contribution is -2.06. The topological polar surface area (TPSA) is 47.0 Å². The van der Waals surface area contributed by atoms with Gasteiger partial charge in [0.25, 0.3) is 0 Å². The van der Waals surface area contributed by atoms with Gasteiger partial charge in [0.15, 0.2) is 0 Å². The van der Waals surface area contributed by atoms with Gasteiger partial charge in [-0.2, -0.15) is 0 Å². The van der Waals surface area contributed by atoms with Gasteiger partial charge in [-0.15, -0.1) is 0 Å². The van der Waals surface area contributed by atoms with E-state index in [4.69, 9.17) is 4.74 Å². The zero-order chi connectivity index (χ0) is 11.1. The van der Waals surface area contributed by atoms with Gasteiger partial charge < -0.3 is 10.1 Å². The molecule has 1 aromatic rings. The van der Waals surface area contributed by atoms with Crippen molar-refractivity contribution in [3.63, 3.8) is 0 Å². The molecular weight excluding hydrogens is 190 g/mol. The van der Waals surface area contributed by atoms with Crippen LogP contribution in [0.2, 0.25) is 0 Å². The van der Waals surface area contributed by atoms with E-state index in [1.807, 2.05) is 6.92 Å². The molecule has 0 saturated carbocycles. The number of anilines is 1. The standard InChI is InChI=1S/C11H17N3O/c1-4-6-12-10-9(3)11(14-8-13-10)15-7-5-2/h5,8H,2,4,6-7H2,1,3H3,(H,12,13,14). The molecule has 4 nitrogen and oxygen atoms in total. The Labute approximate surface area is 90.4 Å². The smallest absolute Gasteiger partial charge is 0.221 e. The molecule has 1 rings (SSSR count). The molecule has 82 valence electrons. The normalized spacial score (nSPS) is 9.73. The minimum absolute atomic E-state index is 0.463. The van der Waals surface area contributed by atoms with Gasteiger partial charge in [-0.1, -0.05) is 19.6 Å². The first-order valence-electron chi connectivity index (χ1n) is 5.08. The minimum Gasteiger partial charge on any atom is -0.473 e. The lowest BCUT2D eigenvalue weighted by Gasteiger charge is -2.10. The summed E-state index contributed by atoms with van der Waals surface area (Å²) in [7, 11) is 0. The molecule has 0 atom stereocenters. The highest BCUT2D eigenvalue weighted by molar-refractivity contribution is 5.47. The van der Waals surface area contributed by atoms with Gasteiger partial charge >= 0.3 is 0 Å². The lowest BCUT2D eigenvalue weighted by molar-refractivity contribution is 0.345. The Balaban J connectivity index is 2.75. The molecule has 0 aliphatic heterocycles. The highest BCUT2D eigenvalue weighted by atomic mass is 16.5. The van der Waals surface area contributed by atoms with Crippen LogP contribution in [-0.2, 0) is 0 Å². The van der Waals surface area contributed by atoms with Crippen molar-refractivity contribution in [1.29, 1.82) is 0 Å². The first-order chi connectivity index (χ1) is 7.29. The highest BCUT2D eigenvalue weighted by Gasteiger charge is 2.06. The fourth-order valence-electron chi connectivity index (χ4n) is 1.14. The molecule has 0 spiro atoms. The van der Waals surface area contributed by atoms with E-state index in [-0.39, 0.29) is 0 Å². The summed E-state index contributed by atoms with van der Waals surface area (Å²) in [5.74, 6) is 1.45. The maximum Gasteiger partial charge on any atom is 0.221 e. The highest BCUT2D eigenvalue weighted by Crippen LogP contribution is 2.19. The van der Waals surface area contributed by atoms with Crippen molar-refractivity contribution < 1.29 is 4.74 Å². The van der Waals surface area contributed by atoms with E-state index in [1.54, 1.807) is 6.08 Å². The number of hydrogen-bond donors (Lipinski definition) is 1. The summed E-state index contributed by atoms with van der Waals surface area (Å²) in [4.78, 5) is 8.22. The van der Waals surface area contributed by atoms with E-state index in [1.165, 1.54) is 6.33 Å². The summed E-state index contributed by atoms with van der Waals surface area (Å²) < 4.78 is 5.40. The molecule has 0 radical (unpaired) electrons. The summed E-state index contributed by atoms with van der Waals surface area (Å²) in [5, 5.41) is 3.22. The Kier molecular flexibility index (Phi) is 4.60. The molecular formula is C11H17N3O. The number of ether oxygens (including phenoxy) is 1. The SMILES string of the molecule is C=CCOc1ncnc(NCCC)c1C. The van der Waals surface area contributed by atoms with Crippen LogP contribution in [0.1, 0.15) is 18.9 Å². The Morgan fingerprint density at radius 2 is 2.33 bits per heavy atom. The Bertz CT molecular complexity index is 326. The third-order valence-corrected chi connectivity index (χ3v) is 1.92. The fraction of sp³-hybridized carbons (Fsp3) is 0.455. The molecule has 1 aromatic heterocycles. The van der Waals surface area contributed by atoms with Crippen molar-refractivity contribution in [2.45, 2.75) is 20.3 Å². The molecule has 1 heterocycles. The van der Waals surface area contributed by atoms with E-state index in [0.29, 0.717) is 12.5 Å². The summed E-state index contributed by atoms with van der Waals surface area (Å²) in [6, 6.07) is 0. The Hall–Kier alpha value is -1.58. The molecule has 0 aromatic carbocycles. The van der Waals surface area contributed by atoms with Crippen LogP contribution in [0.4, 0.5) is 5.82 Å². The second-order valence-corrected chi connectivity index (χ2v) is 3.18. The van der Waals surface area contributed by atoms with E-state index in [0.717, 1.165) is 24.3 Å². The molecule has 0 bridgehead atoms. The van der Waals surface area contributed by atoms with Gasteiger partial charge in [0.05, 0.1) is 5.56 Å². The summed E-state index contributed by atoms with van der Waals surface area (Å²) >= 11 is 0. The van der Waals surface area contributed by atoms with Crippen molar-refractivity contribution in [2.24, 2.45) is 0 Å². The van der Waals surface area contributed by atoms with Gasteiger partial charge in [-0.25, -0.2) is 9.97 Å². The van der Waals surface area contributed by atoms with Crippen LogP contribution >= 0.6 is 0 Å². The Morgan fingerprint density at radius 1 is 1.53 bits per heavy atom. The molecule has 0 unspecified atom stereocenters. The van der Waals surface area contributed by atoms with E-state index in [2.05, 4.69) is 28.8 Å².